The summed E-state index contributed by atoms with van der Waals surface area (Å²) in [5, 5.41) is 4.74. The molecule has 25 heavy (non-hydrogen) atoms. The largest absolute Gasteiger partial charge is 0.444 e. The number of halogens is 1. The summed E-state index contributed by atoms with van der Waals surface area (Å²) in [4.78, 5) is 18.6. The highest BCUT2D eigenvalue weighted by atomic mass is 35.5. The predicted molar refractivity (Wildman–Crippen MR) is 94.4 cm³/mol. The van der Waals surface area contributed by atoms with E-state index in [1.54, 1.807) is 4.90 Å². The average molecular weight is 364 g/mol. The van der Waals surface area contributed by atoms with Crippen molar-refractivity contribution in [1.82, 2.24) is 15.0 Å². The first kappa shape index (κ1) is 17.7. The van der Waals surface area contributed by atoms with Crippen molar-refractivity contribution >= 4 is 17.7 Å². The van der Waals surface area contributed by atoms with Gasteiger partial charge in [-0.25, -0.2) is 4.79 Å². The topological polar surface area (TPSA) is 68.5 Å². The van der Waals surface area contributed by atoms with Gasteiger partial charge in [-0.3, -0.25) is 4.90 Å². The van der Waals surface area contributed by atoms with E-state index in [0.717, 1.165) is 24.0 Å². The lowest BCUT2D eigenvalue weighted by molar-refractivity contribution is 0.0217. The van der Waals surface area contributed by atoms with Gasteiger partial charge in [-0.15, -0.1) is 0 Å². The zero-order valence-corrected chi connectivity index (χ0v) is 15.6. The fourth-order valence-corrected chi connectivity index (χ4v) is 3.07. The fraction of sp³-hybridized carbons (Fsp3) is 0.500. The van der Waals surface area contributed by atoms with Gasteiger partial charge in [-0.1, -0.05) is 22.8 Å². The lowest BCUT2D eigenvalue weighted by atomic mass is 10.1. The second-order valence-corrected chi connectivity index (χ2v) is 7.61. The molecule has 0 aliphatic carbocycles. The van der Waals surface area contributed by atoms with Gasteiger partial charge in [0, 0.05) is 17.1 Å². The van der Waals surface area contributed by atoms with Crippen LogP contribution in [-0.2, 0) is 4.74 Å². The van der Waals surface area contributed by atoms with Crippen LogP contribution in [0, 0.1) is 6.92 Å². The molecule has 6 nitrogen and oxygen atoms in total. The highest BCUT2D eigenvalue weighted by molar-refractivity contribution is 6.31. The van der Waals surface area contributed by atoms with Crippen LogP contribution in [0.2, 0.25) is 5.02 Å². The maximum atomic E-state index is 12.4. The Morgan fingerprint density at radius 3 is 2.88 bits per heavy atom. The summed E-state index contributed by atoms with van der Waals surface area (Å²) in [6.45, 7) is 8.09. The number of rotatable bonds is 2. The Bertz CT molecular complexity index is 782. The normalized spacial score (nSPS) is 17.8. The molecule has 1 fully saturated rings. The van der Waals surface area contributed by atoms with Gasteiger partial charge in [-0.05, 0) is 58.2 Å². The van der Waals surface area contributed by atoms with Crippen LogP contribution >= 0.6 is 11.6 Å². The maximum absolute atomic E-state index is 12.4. The van der Waals surface area contributed by atoms with Crippen LogP contribution in [0.4, 0.5) is 4.79 Å². The number of ether oxygens (including phenoxy) is 1. The Balaban J connectivity index is 1.84. The smallest absolute Gasteiger partial charge is 0.410 e. The number of hydrogen-bond donors (Lipinski definition) is 0. The van der Waals surface area contributed by atoms with Gasteiger partial charge in [-0.2, -0.15) is 4.98 Å². The number of nitrogens with zero attached hydrogens (tertiary/aromatic N) is 3. The molecule has 1 saturated heterocycles. The van der Waals surface area contributed by atoms with E-state index in [0.29, 0.717) is 23.3 Å². The molecule has 1 atom stereocenters. The van der Waals surface area contributed by atoms with Crippen molar-refractivity contribution in [3.8, 4) is 11.5 Å². The van der Waals surface area contributed by atoms with E-state index in [4.69, 9.17) is 20.9 Å². The van der Waals surface area contributed by atoms with Crippen molar-refractivity contribution in [3.05, 3.63) is 34.6 Å². The van der Waals surface area contributed by atoms with Gasteiger partial charge in [0.2, 0.25) is 0 Å². The Morgan fingerprint density at radius 2 is 2.16 bits per heavy atom. The molecule has 2 heterocycles. The molecule has 0 N–H and O–H groups in total. The second-order valence-electron chi connectivity index (χ2n) is 7.20. The van der Waals surface area contributed by atoms with Crippen molar-refractivity contribution in [2.45, 2.75) is 52.2 Å². The van der Waals surface area contributed by atoms with Crippen molar-refractivity contribution in [2.75, 3.05) is 6.54 Å². The second kappa shape index (κ2) is 6.67. The van der Waals surface area contributed by atoms with Crippen LogP contribution in [0.25, 0.3) is 11.5 Å². The molecule has 0 bridgehead atoms. The number of likely N-dealkylation sites (tertiary alicyclic amines) is 1. The van der Waals surface area contributed by atoms with Crippen LogP contribution in [0.15, 0.2) is 22.7 Å². The first-order valence-electron chi connectivity index (χ1n) is 8.35. The van der Waals surface area contributed by atoms with Crippen LogP contribution in [0.1, 0.15) is 51.0 Å². The number of aromatic nitrogens is 2. The Hall–Kier alpha value is -2.08. The number of amides is 1. The summed E-state index contributed by atoms with van der Waals surface area (Å²) in [5.41, 5.74) is 1.15. The Kier molecular flexibility index (Phi) is 4.73. The average Bonchev–Trinajstić information content (AvgIpc) is 3.16. The summed E-state index contributed by atoms with van der Waals surface area (Å²) >= 11 is 6.16. The highest BCUT2D eigenvalue weighted by Crippen LogP contribution is 2.34. The van der Waals surface area contributed by atoms with Crippen molar-refractivity contribution < 1.29 is 14.1 Å². The molecule has 134 valence electrons. The first-order chi connectivity index (χ1) is 11.8. The molecular formula is C18H22ClN3O3. The molecule has 3 rings (SSSR count). The maximum Gasteiger partial charge on any atom is 0.410 e. The predicted octanol–water partition coefficient (Wildman–Crippen LogP) is 4.77. The Morgan fingerprint density at radius 1 is 1.40 bits per heavy atom. The van der Waals surface area contributed by atoms with E-state index in [1.807, 2.05) is 45.9 Å². The third-order valence-electron chi connectivity index (χ3n) is 4.12. The van der Waals surface area contributed by atoms with Gasteiger partial charge >= 0.3 is 6.09 Å². The number of hydrogen-bond acceptors (Lipinski definition) is 5. The molecule has 1 aromatic carbocycles. The summed E-state index contributed by atoms with van der Waals surface area (Å²) in [5.74, 6) is 0.906. The first-order valence-corrected chi connectivity index (χ1v) is 8.73. The van der Waals surface area contributed by atoms with E-state index >= 15 is 0 Å². The summed E-state index contributed by atoms with van der Waals surface area (Å²) in [7, 11) is 0. The minimum Gasteiger partial charge on any atom is -0.444 e. The molecule has 0 saturated carbocycles. The molecular weight excluding hydrogens is 342 g/mol. The van der Waals surface area contributed by atoms with Crippen LogP contribution in [0.5, 0.6) is 0 Å². The number of carbonyl (C=O) groups excluding carboxylic acids is 1. The lowest BCUT2D eigenvalue weighted by Gasteiger charge is -2.27. The molecule has 7 heteroatoms. The molecule has 1 aromatic heterocycles. The van der Waals surface area contributed by atoms with Gasteiger partial charge in [0.1, 0.15) is 5.60 Å². The molecule has 1 aliphatic rings. The zero-order chi connectivity index (χ0) is 18.2. The lowest BCUT2D eigenvalue weighted by Crippen LogP contribution is -2.36. The van der Waals surface area contributed by atoms with Gasteiger partial charge in [0.05, 0.1) is 6.04 Å². The Labute approximate surface area is 152 Å². The zero-order valence-electron chi connectivity index (χ0n) is 14.9. The van der Waals surface area contributed by atoms with Gasteiger partial charge in [0.15, 0.2) is 5.82 Å². The molecule has 1 aliphatic heterocycles. The van der Waals surface area contributed by atoms with Crippen LogP contribution in [0.3, 0.4) is 0 Å². The van der Waals surface area contributed by atoms with Crippen molar-refractivity contribution in [1.29, 1.82) is 0 Å². The minimum absolute atomic E-state index is 0.230. The SMILES string of the molecule is Cc1c(Cl)cccc1-c1nc([C@@H]2CCCN2C(=O)OC(C)(C)C)no1. The van der Waals surface area contributed by atoms with E-state index in [1.165, 1.54) is 0 Å². The molecule has 2 aromatic rings. The summed E-state index contributed by atoms with van der Waals surface area (Å²) < 4.78 is 10.9. The van der Waals surface area contributed by atoms with Crippen LogP contribution in [-0.4, -0.2) is 33.3 Å². The number of benzene rings is 1. The monoisotopic (exact) mass is 363 g/mol. The van der Waals surface area contributed by atoms with Crippen molar-refractivity contribution in [2.24, 2.45) is 0 Å². The fourth-order valence-electron chi connectivity index (χ4n) is 2.89. The van der Waals surface area contributed by atoms with E-state index in [-0.39, 0.29) is 12.1 Å². The molecule has 0 radical (unpaired) electrons. The summed E-state index contributed by atoms with van der Waals surface area (Å²) in [6.07, 6.45) is 1.32. The third kappa shape index (κ3) is 3.79. The summed E-state index contributed by atoms with van der Waals surface area (Å²) in [6, 6.07) is 5.32. The van der Waals surface area contributed by atoms with Gasteiger partial charge < -0.3 is 9.26 Å². The van der Waals surface area contributed by atoms with E-state index in [9.17, 15) is 4.79 Å². The quantitative estimate of drug-likeness (QED) is 0.768. The molecule has 0 unspecified atom stereocenters. The van der Waals surface area contributed by atoms with E-state index in [2.05, 4.69) is 10.1 Å². The van der Waals surface area contributed by atoms with E-state index < -0.39 is 5.60 Å². The molecule has 0 spiro atoms. The molecule has 1 amide bonds. The minimum atomic E-state index is -0.537. The van der Waals surface area contributed by atoms with Crippen LogP contribution < -0.4 is 0 Å². The number of carbonyl (C=O) groups is 1. The third-order valence-corrected chi connectivity index (χ3v) is 4.53. The highest BCUT2D eigenvalue weighted by Gasteiger charge is 2.36. The van der Waals surface area contributed by atoms with Crippen molar-refractivity contribution in [3.63, 3.8) is 0 Å². The van der Waals surface area contributed by atoms with Gasteiger partial charge in [0.25, 0.3) is 5.89 Å². The standard InChI is InChI=1S/C18H22ClN3O3/c1-11-12(7-5-8-13(11)19)16-20-15(21-25-16)14-9-6-10-22(14)17(23)24-18(2,3)4/h5,7-8,14H,6,9-10H2,1-4H3/t14-/m0/s1.